The summed E-state index contributed by atoms with van der Waals surface area (Å²) in [5.74, 6) is -2.70. The Morgan fingerprint density at radius 1 is 0.969 bits per heavy atom. The standard InChI is InChI=1S/C23H15F3N2O4/c24-23(25,26)15-2-1-3-16(12-15)28-19(13-4-6-17(29)7-5-13)18(21(31)22(28)32)20(30)14-8-10-27-11-9-14/h1-12,19,29-30H/b20-18+. The van der Waals surface area contributed by atoms with Gasteiger partial charge in [0, 0.05) is 23.6 Å². The van der Waals surface area contributed by atoms with Crippen LogP contribution in [0.4, 0.5) is 18.9 Å². The van der Waals surface area contributed by atoms with Gasteiger partial charge in [-0.15, -0.1) is 0 Å². The van der Waals surface area contributed by atoms with Crippen molar-refractivity contribution in [3.8, 4) is 5.75 Å². The van der Waals surface area contributed by atoms with Crippen molar-refractivity contribution >= 4 is 23.1 Å². The van der Waals surface area contributed by atoms with E-state index in [1.54, 1.807) is 0 Å². The molecule has 32 heavy (non-hydrogen) atoms. The second kappa shape index (κ2) is 7.84. The van der Waals surface area contributed by atoms with E-state index in [1.807, 2.05) is 0 Å². The van der Waals surface area contributed by atoms with Crippen molar-refractivity contribution in [2.45, 2.75) is 12.2 Å². The molecule has 1 unspecified atom stereocenters. The van der Waals surface area contributed by atoms with E-state index in [2.05, 4.69) is 4.98 Å². The number of benzene rings is 2. The predicted octanol–water partition coefficient (Wildman–Crippen LogP) is 4.43. The molecular weight excluding hydrogens is 425 g/mol. The Morgan fingerprint density at radius 2 is 1.62 bits per heavy atom. The summed E-state index contributed by atoms with van der Waals surface area (Å²) < 4.78 is 39.8. The maximum Gasteiger partial charge on any atom is 0.416 e. The number of amides is 1. The third-order valence-electron chi connectivity index (χ3n) is 5.06. The first-order valence-corrected chi connectivity index (χ1v) is 9.36. The minimum absolute atomic E-state index is 0.0843. The summed E-state index contributed by atoms with van der Waals surface area (Å²) >= 11 is 0. The fourth-order valence-electron chi connectivity index (χ4n) is 3.57. The van der Waals surface area contributed by atoms with E-state index in [1.165, 1.54) is 54.9 Å². The van der Waals surface area contributed by atoms with Gasteiger partial charge in [0.1, 0.15) is 11.5 Å². The van der Waals surface area contributed by atoms with E-state index >= 15 is 0 Å². The molecule has 1 saturated heterocycles. The second-order valence-corrected chi connectivity index (χ2v) is 7.04. The Hall–Kier alpha value is -4.14. The van der Waals surface area contributed by atoms with Gasteiger partial charge in [-0.2, -0.15) is 13.2 Å². The van der Waals surface area contributed by atoms with Crippen LogP contribution in [0.2, 0.25) is 0 Å². The van der Waals surface area contributed by atoms with Crippen LogP contribution in [0.15, 0.2) is 78.6 Å². The predicted molar refractivity (Wildman–Crippen MR) is 109 cm³/mol. The number of carbonyl (C=O) groups excluding carboxylic acids is 2. The minimum atomic E-state index is -4.66. The van der Waals surface area contributed by atoms with Crippen molar-refractivity contribution in [1.82, 2.24) is 4.98 Å². The molecule has 0 spiro atoms. The number of pyridine rings is 1. The largest absolute Gasteiger partial charge is 0.508 e. The number of ketones is 1. The van der Waals surface area contributed by atoms with Crippen LogP contribution in [-0.2, 0) is 15.8 Å². The number of phenolic OH excluding ortho intramolecular Hbond substituents is 1. The normalized spacial score (nSPS) is 18.2. The number of carbonyl (C=O) groups is 2. The van der Waals surface area contributed by atoms with Gasteiger partial charge in [-0.1, -0.05) is 18.2 Å². The molecule has 0 aliphatic carbocycles. The fourth-order valence-corrected chi connectivity index (χ4v) is 3.57. The van der Waals surface area contributed by atoms with Gasteiger partial charge in [0.2, 0.25) is 0 Å². The summed E-state index contributed by atoms with van der Waals surface area (Å²) in [6, 6.07) is 11.2. The van der Waals surface area contributed by atoms with Crippen molar-refractivity contribution < 1.29 is 33.0 Å². The number of anilines is 1. The number of hydrogen-bond acceptors (Lipinski definition) is 5. The van der Waals surface area contributed by atoms with Crippen LogP contribution in [0.3, 0.4) is 0 Å². The number of aromatic nitrogens is 1. The molecule has 0 bridgehead atoms. The summed E-state index contributed by atoms with van der Waals surface area (Å²) in [5.41, 5.74) is -0.908. The number of aliphatic hydroxyl groups excluding tert-OH is 1. The molecular formula is C23H15F3N2O4. The van der Waals surface area contributed by atoms with Crippen LogP contribution in [0.25, 0.3) is 5.76 Å². The van der Waals surface area contributed by atoms with Crippen molar-refractivity contribution in [2.24, 2.45) is 0 Å². The van der Waals surface area contributed by atoms with Gasteiger partial charge in [0.15, 0.2) is 0 Å². The molecule has 1 amide bonds. The first-order valence-electron chi connectivity index (χ1n) is 9.36. The Balaban J connectivity index is 1.94. The fraction of sp³-hybridized carbons (Fsp3) is 0.0870. The SMILES string of the molecule is O=C1C(=O)N(c2cccc(C(F)(F)F)c2)C(c2ccc(O)cc2)/C1=C(\O)c1ccncc1. The zero-order valence-electron chi connectivity index (χ0n) is 16.2. The van der Waals surface area contributed by atoms with E-state index in [-0.39, 0.29) is 22.6 Å². The van der Waals surface area contributed by atoms with E-state index in [0.29, 0.717) is 5.56 Å². The average Bonchev–Trinajstić information content (AvgIpc) is 3.04. The third-order valence-corrected chi connectivity index (χ3v) is 5.06. The molecule has 2 N–H and O–H groups in total. The van der Waals surface area contributed by atoms with Gasteiger partial charge in [-0.3, -0.25) is 19.5 Å². The lowest BCUT2D eigenvalue weighted by Gasteiger charge is -2.26. The summed E-state index contributed by atoms with van der Waals surface area (Å²) in [6.07, 6.45) is -1.89. The summed E-state index contributed by atoms with van der Waals surface area (Å²) in [4.78, 5) is 30.6. The van der Waals surface area contributed by atoms with Crippen molar-refractivity contribution in [3.05, 3.63) is 95.3 Å². The van der Waals surface area contributed by atoms with Gasteiger partial charge in [0.25, 0.3) is 11.7 Å². The monoisotopic (exact) mass is 440 g/mol. The summed E-state index contributed by atoms with van der Waals surface area (Å²) in [6.45, 7) is 0. The lowest BCUT2D eigenvalue weighted by Crippen LogP contribution is -2.29. The third kappa shape index (κ3) is 3.68. The van der Waals surface area contributed by atoms with E-state index < -0.39 is 35.2 Å². The number of aromatic hydroxyl groups is 1. The number of phenols is 1. The molecule has 162 valence electrons. The molecule has 9 heteroatoms. The number of aliphatic hydroxyl groups is 1. The van der Waals surface area contributed by atoms with Crippen LogP contribution in [0, 0.1) is 0 Å². The quantitative estimate of drug-likeness (QED) is 0.357. The molecule has 2 heterocycles. The number of nitrogens with zero attached hydrogens (tertiary/aromatic N) is 2. The smallest absolute Gasteiger partial charge is 0.416 e. The van der Waals surface area contributed by atoms with Gasteiger partial charge in [-0.25, -0.2) is 0 Å². The summed E-state index contributed by atoms with van der Waals surface area (Å²) in [7, 11) is 0. The second-order valence-electron chi connectivity index (χ2n) is 7.04. The average molecular weight is 440 g/mol. The van der Waals surface area contributed by atoms with Crippen LogP contribution in [0.1, 0.15) is 22.7 Å². The van der Waals surface area contributed by atoms with Crippen molar-refractivity contribution in [2.75, 3.05) is 4.90 Å². The van der Waals surface area contributed by atoms with Crippen molar-refractivity contribution in [3.63, 3.8) is 0 Å². The highest BCUT2D eigenvalue weighted by atomic mass is 19.4. The Bertz CT molecular complexity index is 1220. The van der Waals surface area contributed by atoms with E-state index in [0.717, 1.165) is 23.1 Å². The van der Waals surface area contributed by atoms with Gasteiger partial charge >= 0.3 is 6.18 Å². The van der Waals surface area contributed by atoms with Gasteiger partial charge in [0.05, 0.1) is 17.2 Å². The van der Waals surface area contributed by atoms with Crippen molar-refractivity contribution in [1.29, 1.82) is 0 Å². The molecule has 1 fully saturated rings. The van der Waals surface area contributed by atoms with Crippen LogP contribution < -0.4 is 4.90 Å². The molecule has 1 aliphatic heterocycles. The zero-order chi connectivity index (χ0) is 23.0. The molecule has 2 aromatic carbocycles. The van der Waals surface area contributed by atoms with Gasteiger partial charge < -0.3 is 10.2 Å². The highest BCUT2D eigenvalue weighted by Crippen LogP contribution is 2.43. The first-order chi connectivity index (χ1) is 15.2. The molecule has 4 rings (SSSR count). The lowest BCUT2D eigenvalue weighted by atomic mass is 9.95. The molecule has 1 aliphatic rings. The maximum absolute atomic E-state index is 13.3. The Labute approximate surface area is 179 Å². The number of rotatable bonds is 3. The topological polar surface area (TPSA) is 90.7 Å². The maximum atomic E-state index is 13.3. The zero-order valence-corrected chi connectivity index (χ0v) is 16.2. The molecule has 1 aromatic heterocycles. The van der Waals surface area contributed by atoms with E-state index in [4.69, 9.17) is 0 Å². The Kier molecular flexibility index (Phi) is 5.17. The number of alkyl halides is 3. The number of hydrogen-bond donors (Lipinski definition) is 2. The number of Topliss-reactive ketones (excluding diaryl/α,β-unsaturated/α-hetero) is 1. The molecule has 0 saturated carbocycles. The molecule has 6 nitrogen and oxygen atoms in total. The van der Waals surface area contributed by atoms with E-state index in [9.17, 15) is 33.0 Å². The summed E-state index contributed by atoms with van der Waals surface area (Å²) in [5, 5.41) is 20.5. The highest BCUT2D eigenvalue weighted by molar-refractivity contribution is 6.51. The Morgan fingerprint density at radius 3 is 2.25 bits per heavy atom. The highest BCUT2D eigenvalue weighted by Gasteiger charge is 2.47. The molecule has 1 atom stereocenters. The first kappa shape index (κ1) is 21.1. The number of halogens is 3. The van der Waals surface area contributed by atoms with Crippen LogP contribution >= 0.6 is 0 Å². The van der Waals surface area contributed by atoms with Crippen LogP contribution in [-0.4, -0.2) is 26.9 Å². The molecule has 0 radical (unpaired) electrons. The molecule has 3 aromatic rings. The minimum Gasteiger partial charge on any atom is -0.508 e. The van der Waals surface area contributed by atoms with Gasteiger partial charge in [-0.05, 0) is 48.0 Å². The lowest BCUT2D eigenvalue weighted by molar-refractivity contribution is -0.137. The van der Waals surface area contributed by atoms with Crippen LogP contribution in [0.5, 0.6) is 5.75 Å².